The van der Waals surface area contributed by atoms with Gasteiger partial charge in [-0.1, -0.05) is 10.5 Å². The first-order valence-electron chi connectivity index (χ1n) is 14.1. The second kappa shape index (κ2) is 11.9. The second-order valence-electron chi connectivity index (χ2n) is 12.7. The van der Waals surface area contributed by atoms with Crippen LogP contribution in [0, 0.1) is 5.82 Å². The molecule has 0 bridgehead atoms. The Balaban J connectivity index is 2.01. The maximum atomic E-state index is 16.4. The van der Waals surface area contributed by atoms with Gasteiger partial charge < -0.3 is 23.3 Å². The molecule has 1 atom stereocenters. The largest absolute Gasteiger partial charge is 0.591 e. The quantitative estimate of drug-likeness (QED) is 0.129. The molecule has 2 aromatic carbocycles. The molecule has 1 unspecified atom stereocenters. The van der Waals surface area contributed by atoms with E-state index in [0.29, 0.717) is 28.0 Å². The van der Waals surface area contributed by atoms with Gasteiger partial charge in [0.25, 0.3) is 0 Å². The molecule has 2 heterocycles. The van der Waals surface area contributed by atoms with Crippen molar-refractivity contribution in [3.8, 4) is 17.3 Å². The molecule has 0 saturated carbocycles. The number of ether oxygens (including phenoxy) is 3. The maximum absolute atomic E-state index is 16.4. The number of methoxy groups -OCH3 is 1. The predicted molar refractivity (Wildman–Crippen MR) is 170 cm³/mol. The fourth-order valence-corrected chi connectivity index (χ4v) is 5.22. The zero-order chi connectivity index (χ0) is 32.9. The van der Waals surface area contributed by atoms with E-state index in [0.717, 1.165) is 4.57 Å². The van der Waals surface area contributed by atoms with E-state index in [9.17, 15) is 14.1 Å². The van der Waals surface area contributed by atoms with Crippen LogP contribution >= 0.6 is 0 Å². The van der Waals surface area contributed by atoms with Gasteiger partial charge in [0.2, 0.25) is 0 Å². The highest BCUT2D eigenvalue weighted by molar-refractivity contribution is 7.91. The summed E-state index contributed by atoms with van der Waals surface area (Å²) in [5.41, 5.74) is 0.868. The minimum atomic E-state index is -1.62. The summed E-state index contributed by atoms with van der Waals surface area (Å²) in [5, 5.41) is 0.414. The molecule has 12 heteroatoms. The normalized spacial score (nSPS) is 13.5. The first-order valence-corrected chi connectivity index (χ1v) is 15.3. The van der Waals surface area contributed by atoms with Gasteiger partial charge in [-0.15, -0.1) is 0 Å². The molecule has 0 N–H and O–H groups in total. The van der Waals surface area contributed by atoms with E-state index < -0.39 is 39.6 Å². The molecule has 0 fully saturated rings. The average molecular weight is 627 g/mol. The molecule has 44 heavy (non-hydrogen) atoms. The van der Waals surface area contributed by atoms with Crippen molar-refractivity contribution in [1.82, 2.24) is 14.1 Å². The summed E-state index contributed by atoms with van der Waals surface area (Å²) in [6, 6.07) is 8.01. The highest BCUT2D eigenvalue weighted by Gasteiger charge is 2.30. The van der Waals surface area contributed by atoms with Crippen molar-refractivity contribution in [1.29, 1.82) is 0 Å². The van der Waals surface area contributed by atoms with E-state index in [2.05, 4.69) is 4.40 Å². The highest BCUT2D eigenvalue weighted by atomic mass is 32.2. The molecule has 2 aromatic heterocycles. The van der Waals surface area contributed by atoms with Crippen LogP contribution in [0.2, 0.25) is 0 Å². The molecule has 4 aromatic rings. The minimum Gasteiger partial charge on any atom is -0.591 e. The third-order valence-electron chi connectivity index (χ3n) is 6.58. The summed E-state index contributed by atoms with van der Waals surface area (Å²) in [7, 11) is 3.21. The SMILES string of the molecule is COc1cc(C(=O)OC(C)C)cc2nc(-c3cc4ccc(/C(C)=N/[S+]([O-])C(C)(C)C)c(F)c4n3C(=O)OC(C)(C)C)n(C)c12. The van der Waals surface area contributed by atoms with Crippen molar-refractivity contribution < 1.29 is 32.7 Å². The summed E-state index contributed by atoms with van der Waals surface area (Å²) < 4.78 is 52.3. The lowest BCUT2D eigenvalue weighted by Gasteiger charge is -2.21. The van der Waals surface area contributed by atoms with Gasteiger partial charge in [0, 0.05) is 18.0 Å². The monoisotopic (exact) mass is 626 g/mol. The molecular weight excluding hydrogens is 587 g/mol. The number of carbonyl (C=O) groups is 2. The van der Waals surface area contributed by atoms with Crippen LogP contribution in [0.4, 0.5) is 9.18 Å². The molecule has 0 aliphatic heterocycles. The van der Waals surface area contributed by atoms with Gasteiger partial charge in [-0.25, -0.2) is 23.5 Å². The van der Waals surface area contributed by atoms with Gasteiger partial charge in [-0.3, -0.25) is 0 Å². The summed E-state index contributed by atoms with van der Waals surface area (Å²) in [4.78, 5) is 31.2. The Morgan fingerprint density at radius 2 is 1.73 bits per heavy atom. The van der Waals surface area contributed by atoms with Gasteiger partial charge in [0.15, 0.2) is 11.6 Å². The number of hydrogen-bond acceptors (Lipinski definition) is 8. The van der Waals surface area contributed by atoms with Crippen molar-refractivity contribution in [2.75, 3.05) is 7.11 Å². The summed E-state index contributed by atoms with van der Waals surface area (Å²) in [5.74, 6) is -0.586. The molecule has 0 saturated heterocycles. The van der Waals surface area contributed by atoms with Gasteiger partial charge in [-0.2, -0.15) is 0 Å². The first-order chi connectivity index (χ1) is 20.3. The lowest BCUT2D eigenvalue weighted by molar-refractivity contribution is 0.0377. The molecule has 0 radical (unpaired) electrons. The Morgan fingerprint density at radius 1 is 1.07 bits per heavy atom. The van der Waals surface area contributed by atoms with Crippen molar-refractivity contribution in [3.05, 3.63) is 47.3 Å². The first kappa shape index (κ1) is 33.0. The Morgan fingerprint density at radius 3 is 2.30 bits per heavy atom. The fourth-order valence-electron chi connectivity index (χ4n) is 4.60. The highest BCUT2D eigenvalue weighted by Crippen LogP contribution is 2.36. The van der Waals surface area contributed by atoms with Gasteiger partial charge >= 0.3 is 12.1 Å². The van der Waals surface area contributed by atoms with Crippen molar-refractivity contribution in [2.24, 2.45) is 11.4 Å². The number of benzene rings is 2. The van der Waals surface area contributed by atoms with Crippen molar-refractivity contribution in [2.45, 2.75) is 78.8 Å². The standard InChI is InChI=1S/C32H39FN4O6S/c1-17(2)42-29(38)20-14-22-27(24(16-20)41-11)36(10)28(34-22)23-15-19-12-13-21(18(3)35-44(40)32(7,8)9)25(33)26(19)37(23)30(39)43-31(4,5)6/h12-17H,1-11H3/b35-18+. The molecule has 0 spiro atoms. The third-order valence-corrected chi connectivity index (χ3v) is 8.06. The van der Waals surface area contributed by atoms with Gasteiger partial charge in [0.1, 0.15) is 33.0 Å². The Bertz CT molecular complexity index is 1790. The topological polar surface area (TPSA) is 120 Å². The number of rotatable bonds is 6. The number of imidazole rings is 1. The van der Waals surface area contributed by atoms with Gasteiger partial charge in [-0.05, 0) is 86.6 Å². The number of aryl methyl sites for hydroxylation is 1. The number of esters is 1. The van der Waals surface area contributed by atoms with E-state index in [-0.39, 0.29) is 34.2 Å². The lowest BCUT2D eigenvalue weighted by atomic mass is 10.1. The molecular formula is C32H39FN4O6S. The van der Waals surface area contributed by atoms with Crippen LogP contribution in [-0.2, 0) is 27.9 Å². The van der Waals surface area contributed by atoms with Crippen molar-refractivity contribution in [3.63, 3.8) is 0 Å². The zero-order valence-electron chi connectivity index (χ0n) is 27.0. The average Bonchev–Trinajstić information content (AvgIpc) is 3.44. The van der Waals surface area contributed by atoms with E-state index in [4.69, 9.17) is 19.2 Å². The second-order valence-corrected chi connectivity index (χ2v) is 14.6. The van der Waals surface area contributed by atoms with Crippen molar-refractivity contribution >= 4 is 51.1 Å². The van der Waals surface area contributed by atoms with Crippen LogP contribution in [0.1, 0.15) is 78.2 Å². The molecule has 0 amide bonds. The fraction of sp³-hybridized carbons (Fsp3) is 0.438. The summed E-state index contributed by atoms with van der Waals surface area (Å²) in [6.45, 7) is 15.6. The molecule has 4 rings (SSSR count). The van der Waals surface area contributed by atoms with Crippen LogP contribution in [0.15, 0.2) is 34.7 Å². The smallest absolute Gasteiger partial charge is 0.419 e. The van der Waals surface area contributed by atoms with E-state index in [1.54, 1.807) is 104 Å². The number of nitrogens with zero attached hydrogens (tertiary/aromatic N) is 4. The predicted octanol–water partition coefficient (Wildman–Crippen LogP) is 6.96. The number of halogens is 1. The molecule has 236 valence electrons. The number of carbonyl (C=O) groups excluding carboxylic acids is 2. The number of hydrogen-bond donors (Lipinski definition) is 0. The minimum absolute atomic E-state index is 0.0388. The van der Waals surface area contributed by atoms with E-state index >= 15 is 4.39 Å². The van der Waals surface area contributed by atoms with Crippen LogP contribution < -0.4 is 4.74 Å². The van der Waals surface area contributed by atoms with Crippen LogP contribution in [0.25, 0.3) is 33.5 Å². The Kier molecular flexibility index (Phi) is 8.92. The van der Waals surface area contributed by atoms with E-state index in [1.807, 2.05) is 0 Å². The Hall–Kier alpha value is -3.90. The zero-order valence-corrected chi connectivity index (χ0v) is 27.8. The molecule has 10 nitrogen and oxygen atoms in total. The van der Waals surface area contributed by atoms with Crippen LogP contribution in [-0.4, -0.2) is 60.0 Å². The summed E-state index contributed by atoms with van der Waals surface area (Å²) in [6.07, 6.45) is -1.14. The Labute approximate surface area is 259 Å². The third kappa shape index (κ3) is 6.46. The summed E-state index contributed by atoms with van der Waals surface area (Å²) >= 11 is -1.62. The van der Waals surface area contributed by atoms with Gasteiger partial charge in [0.05, 0.1) is 41.2 Å². The molecule has 0 aliphatic rings. The number of fused-ring (bicyclic) bond motifs is 2. The number of aromatic nitrogens is 3. The van der Waals surface area contributed by atoms with E-state index in [1.165, 1.54) is 7.11 Å². The maximum Gasteiger partial charge on any atom is 0.419 e. The lowest BCUT2D eigenvalue weighted by Crippen LogP contribution is -2.28. The molecule has 0 aliphatic carbocycles. The van der Waals surface area contributed by atoms with Crippen LogP contribution in [0.3, 0.4) is 0 Å². The van der Waals surface area contributed by atoms with Crippen LogP contribution in [0.5, 0.6) is 5.75 Å².